The summed E-state index contributed by atoms with van der Waals surface area (Å²) in [5.41, 5.74) is 2.30. The lowest BCUT2D eigenvalue weighted by Gasteiger charge is -2.26. The van der Waals surface area contributed by atoms with Crippen LogP contribution in [0, 0.1) is 35.3 Å². The van der Waals surface area contributed by atoms with E-state index in [4.69, 9.17) is 4.42 Å². The first-order valence-corrected chi connectivity index (χ1v) is 9.74. The maximum atomic E-state index is 12.9. The molecule has 1 aliphatic rings. The van der Waals surface area contributed by atoms with Crippen LogP contribution >= 0.6 is 0 Å². The Morgan fingerprint density at radius 1 is 1.16 bits per heavy atom. The molecule has 0 radical (unpaired) electrons. The largest absolute Gasteiger partial charge is 0.456 e. The summed E-state index contributed by atoms with van der Waals surface area (Å²) in [4.78, 5) is 37.4. The Bertz CT molecular complexity index is 1210. The predicted molar refractivity (Wildman–Crippen MR) is 114 cm³/mol. The molecular weight excluding hydrogens is 398 g/mol. The van der Waals surface area contributed by atoms with Gasteiger partial charge < -0.3 is 4.42 Å². The summed E-state index contributed by atoms with van der Waals surface area (Å²) >= 11 is 0. The van der Waals surface area contributed by atoms with Crippen LogP contribution in [0.15, 0.2) is 45.4 Å². The first-order chi connectivity index (χ1) is 14.7. The lowest BCUT2D eigenvalue weighted by atomic mass is 9.94. The van der Waals surface area contributed by atoms with Crippen molar-refractivity contribution in [1.82, 2.24) is 4.90 Å². The number of nitro groups is 1. The van der Waals surface area contributed by atoms with Crippen molar-refractivity contribution in [2.75, 3.05) is 6.54 Å². The van der Waals surface area contributed by atoms with E-state index >= 15 is 0 Å². The standard InChI is InChI=1S/C23H21N3O5/c1-5-8-25-22(27)17(15(4)19(12-24)23(25)28)11-16-6-7-21(31-16)18-9-13(2)14(3)10-20(18)26(29)30/h6-7,9-11H,5,8H2,1-4H3/b17-11+. The molecule has 1 aromatic heterocycles. The molecule has 8 nitrogen and oxygen atoms in total. The molecule has 0 aliphatic carbocycles. The van der Waals surface area contributed by atoms with Crippen molar-refractivity contribution < 1.29 is 18.9 Å². The second kappa shape index (κ2) is 8.40. The van der Waals surface area contributed by atoms with E-state index in [0.717, 1.165) is 16.0 Å². The second-order valence-corrected chi connectivity index (χ2v) is 7.34. The fourth-order valence-electron chi connectivity index (χ4n) is 3.42. The van der Waals surface area contributed by atoms with Crippen molar-refractivity contribution in [3.8, 4) is 17.4 Å². The van der Waals surface area contributed by atoms with Gasteiger partial charge in [0.2, 0.25) is 0 Å². The Labute approximate surface area is 179 Å². The number of carbonyl (C=O) groups excluding carboxylic acids is 2. The number of nitrogens with zero attached hydrogens (tertiary/aromatic N) is 3. The summed E-state index contributed by atoms with van der Waals surface area (Å²) in [6, 6.07) is 8.25. The van der Waals surface area contributed by atoms with Crippen molar-refractivity contribution >= 4 is 23.6 Å². The van der Waals surface area contributed by atoms with Gasteiger partial charge in [-0.1, -0.05) is 6.92 Å². The zero-order valence-corrected chi connectivity index (χ0v) is 17.7. The van der Waals surface area contributed by atoms with E-state index in [9.17, 15) is 25.0 Å². The average molecular weight is 419 g/mol. The molecule has 0 saturated carbocycles. The molecule has 0 fully saturated rings. The lowest BCUT2D eigenvalue weighted by molar-refractivity contribution is -0.384. The van der Waals surface area contributed by atoms with Crippen molar-refractivity contribution in [1.29, 1.82) is 5.26 Å². The van der Waals surface area contributed by atoms with E-state index in [1.807, 2.05) is 19.9 Å². The highest BCUT2D eigenvalue weighted by Crippen LogP contribution is 2.35. The third-order valence-corrected chi connectivity index (χ3v) is 5.26. The number of hydrogen-bond donors (Lipinski definition) is 0. The van der Waals surface area contributed by atoms with Crippen molar-refractivity contribution in [3.63, 3.8) is 0 Å². The van der Waals surface area contributed by atoms with Gasteiger partial charge in [0.05, 0.1) is 10.5 Å². The van der Waals surface area contributed by atoms with E-state index in [0.29, 0.717) is 12.0 Å². The fraction of sp³-hybridized carbons (Fsp3) is 0.261. The normalized spacial score (nSPS) is 15.6. The molecule has 0 unspecified atom stereocenters. The third-order valence-electron chi connectivity index (χ3n) is 5.26. The van der Waals surface area contributed by atoms with Crippen LogP contribution in [0.25, 0.3) is 17.4 Å². The number of amides is 2. The highest BCUT2D eigenvalue weighted by atomic mass is 16.6. The highest BCUT2D eigenvalue weighted by molar-refractivity contribution is 6.19. The molecule has 0 bridgehead atoms. The second-order valence-electron chi connectivity index (χ2n) is 7.34. The van der Waals surface area contributed by atoms with Gasteiger partial charge in [-0.05, 0) is 68.2 Å². The van der Waals surface area contributed by atoms with Crippen LogP contribution in [-0.2, 0) is 9.59 Å². The summed E-state index contributed by atoms with van der Waals surface area (Å²) in [5.74, 6) is -0.532. The van der Waals surface area contributed by atoms with Crippen LogP contribution in [-0.4, -0.2) is 28.2 Å². The number of nitro benzene ring substituents is 1. The molecule has 31 heavy (non-hydrogen) atoms. The van der Waals surface area contributed by atoms with Gasteiger partial charge >= 0.3 is 0 Å². The van der Waals surface area contributed by atoms with Crippen molar-refractivity contribution in [2.24, 2.45) is 0 Å². The molecule has 3 rings (SSSR count). The lowest BCUT2D eigenvalue weighted by Crippen LogP contribution is -2.43. The van der Waals surface area contributed by atoms with Gasteiger partial charge in [0.25, 0.3) is 17.5 Å². The maximum Gasteiger partial charge on any atom is 0.280 e. The van der Waals surface area contributed by atoms with Gasteiger partial charge in [-0.25, -0.2) is 0 Å². The van der Waals surface area contributed by atoms with E-state index in [1.54, 1.807) is 32.0 Å². The van der Waals surface area contributed by atoms with Gasteiger partial charge in [0.1, 0.15) is 23.2 Å². The number of nitriles is 1. The number of rotatable bonds is 5. The van der Waals surface area contributed by atoms with Gasteiger partial charge in [-0.15, -0.1) is 0 Å². The van der Waals surface area contributed by atoms with Crippen LogP contribution in [0.4, 0.5) is 5.69 Å². The van der Waals surface area contributed by atoms with Gasteiger partial charge in [-0.3, -0.25) is 24.6 Å². The van der Waals surface area contributed by atoms with Crippen LogP contribution in [0.2, 0.25) is 0 Å². The van der Waals surface area contributed by atoms with E-state index < -0.39 is 16.7 Å². The molecule has 8 heteroatoms. The molecule has 2 heterocycles. The fourth-order valence-corrected chi connectivity index (χ4v) is 3.42. The van der Waals surface area contributed by atoms with Gasteiger partial charge in [-0.2, -0.15) is 5.26 Å². The quantitative estimate of drug-likeness (QED) is 0.305. The molecule has 1 aromatic carbocycles. The molecule has 0 spiro atoms. The smallest absolute Gasteiger partial charge is 0.280 e. The first kappa shape index (κ1) is 21.7. The Balaban J connectivity index is 2.10. The minimum atomic E-state index is -0.602. The third kappa shape index (κ3) is 3.90. The molecule has 1 aliphatic heterocycles. The Morgan fingerprint density at radius 3 is 2.45 bits per heavy atom. The van der Waals surface area contributed by atoms with Crippen LogP contribution in [0.3, 0.4) is 0 Å². The monoisotopic (exact) mass is 419 g/mol. The van der Waals surface area contributed by atoms with E-state index in [2.05, 4.69) is 0 Å². The average Bonchev–Trinajstić information content (AvgIpc) is 3.19. The number of hydrogen-bond acceptors (Lipinski definition) is 6. The minimum absolute atomic E-state index is 0.0760. The van der Waals surface area contributed by atoms with Gasteiger partial charge in [0.15, 0.2) is 0 Å². The molecule has 0 atom stereocenters. The number of carbonyl (C=O) groups is 2. The molecule has 158 valence electrons. The topological polar surface area (TPSA) is 117 Å². The number of furan rings is 1. The maximum absolute atomic E-state index is 12.9. The zero-order chi connectivity index (χ0) is 22.9. The molecule has 0 N–H and O–H groups in total. The van der Waals surface area contributed by atoms with E-state index in [1.165, 1.54) is 12.1 Å². The Kier molecular flexibility index (Phi) is 5.88. The molecule has 0 saturated heterocycles. The molecule has 2 amide bonds. The highest BCUT2D eigenvalue weighted by Gasteiger charge is 2.35. The van der Waals surface area contributed by atoms with E-state index in [-0.39, 0.29) is 40.5 Å². The SMILES string of the molecule is CCCN1C(=O)C(C#N)=C(C)/C(=C\c2ccc(-c3cc(C)c(C)cc3[N+](=O)[O-])o2)C1=O. The van der Waals surface area contributed by atoms with Crippen LogP contribution < -0.4 is 0 Å². The van der Waals surface area contributed by atoms with Gasteiger partial charge in [0, 0.05) is 18.2 Å². The molecule has 2 aromatic rings. The van der Waals surface area contributed by atoms with Crippen molar-refractivity contribution in [3.05, 3.63) is 68.0 Å². The predicted octanol–water partition coefficient (Wildman–Crippen LogP) is 4.47. The Hall–Kier alpha value is -3.99. The summed E-state index contributed by atoms with van der Waals surface area (Å²) < 4.78 is 5.80. The summed E-state index contributed by atoms with van der Waals surface area (Å²) in [6.07, 6.45) is 2.02. The summed E-state index contributed by atoms with van der Waals surface area (Å²) in [7, 11) is 0. The molecular formula is C23H21N3O5. The Morgan fingerprint density at radius 2 is 1.84 bits per heavy atom. The summed E-state index contributed by atoms with van der Waals surface area (Å²) in [5, 5.41) is 20.9. The number of benzene rings is 1. The minimum Gasteiger partial charge on any atom is -0.456 e. The zero-order valence-electron chi connectivity index (χ0n) is 17.7. The van der Waals surface area contributed by atoms with Crippen molar-refractivity contribution in [2.45, 2.75) is 34.1 Å². The van der Waals surface area contributed by atoms with Crippen LogP contribution in [0.1, 0.15) is 37.2 Å². The first-order valence-electron chi connectivity index (χ1n) is 9.74. The summed E-state index contributed by atoms with van der Waals surface area (Å²) in [6.45, 7) is 7.22. The number of imide groups is 1. The van der Waals surface area contributed by atoms with Crippen LogP contribution in [0.5, 0.6) is 0 Å². The number of aryl methyl sites for hydroxylation is 2.